The highest BCUT2D eigenvalue weighted by Crippen LogP contribution is 2.45. The average Bonchev–Trinajstić information content (AvgIpc) is 3.04. The zero-order chi connectivity index (χ0) is 24.7. The number of halogens is 3. The molecule has 32 heavy (non-hydrogen) atoms. The maximum Gasteiger partial charge on any atom is 0.265 e. The predicted octanol–water partition coefficient (Wildman–Crippen LogP) is 6.67. The molecule has 10 heteroatoms. The standard InChI is InChI=1S/C22H40Cl3NO5Si/c1-10-21(11-2)30-16-14(4)13(3)15(12-27-32(8,9)20(5,6)7)28-18(17(16)31-21)29-19(26)22(23,24)25/h13-18,26H,10-12H2,1-9H3/t13-,14-,15+,16+,17+,18?/m0/s1. The van der Waals surface area contributed by atoms with Crippen LogP contribution in [0.1, 0.15) is 61.3 Å². The van der Waals surface area contributed by atoms with Gasteiger partial charge in [-0.05, 0) is 42.8 Å². The summed E-state index contributed by atoms with van der Waals surface area (Å²) in [6.45, 7) is 19.8. The molecular formula is C22H40Cl3NO5Si. The van der Waals surface area contributed by atoms with Crippen molar-refractivity contribution in [3.05, 3.63) is 0 Å². The van der Waals surface area contributed by atoms with Crippen molar-refractivity contribution in [2.45, 2.75) is 114 Å². The quantitative estimate of drug-likeness (QED) is 0.179. The molecular weight excluding hydrogens is 493 g/mol. The van der Waals surface area contributed by atoms with Crippen LogP contribution in [-0.2, 0) is 23.4 Å². The molecule has 0 bridgehead atoms. The van der Waals surface area contributed by atoms with Gasteiger partial charge >= 0.3 is 0 Å². The Morgan fingerprint density at radius 1 is 1.00 bits per heavy atom. The molecule has 6 atom stereocenters. The predicted molar refractivity (Wildman–Crippen MR) is 132 cm³/mol. The Morgan fingerprint density at radius 2 is 1.53 bits per heavy atom. The Hall–Kier alpha value is 0.397. The van der Waals surface area contributed by atoms with E-state index >= 15 is 0 Å². The zero-order valence-electron chi connectivity index (χ0n) is 20.8. The summed E-state index contributed by atoms with van der Waals surface area (Å²) in [6, 6.07) is 0. The molecule has 1 N–H and O–H groups in total. The monoisotopic (exact) mass is 531 g/mol. The Kier molecular flexibility index (Phi) is 9.10. The van der Waals surface area contributed by atoms with Crippen LogP contribution >= 0.6 is 34.8 Å². The van der Waals surface area contributed by atoms with Crippen LogP contribution in [0.2, 0.25) is 18.1 Å². The van der Waals surface area contributed by atoms with E-state index in [1.165, 1.54) is 0 Å². The lowest BCUT2D eigenvalue weighted by Crippen LogP contribution is -2.46. The normalized spacial score (nSPS) is 33.5. The maximum atomic E-state index is 8.12. The van der Waals surface area contributed by atoms with Gasteiger partial charge in [0.2, 0.25) is 12.2 Å². The fourth-order valence-corrected chi connectivity index (χ4v) is 4.99. The smallest absolute Gasteiger partial charge is 0.265 e. The van der Waals surface area contributed by atoms with Crippen molar-refractivity contribution in [1.29, 1.82) is 5.41 Å². The zero-order valence-corrected chi connectivity index (χ0v) is 24.0. The van der Waals surface area contributed by atoms with E-state index in [9.17, 15) is 0 Å². The molecule has 2 fully saturated rings. The first-order valence-electron chi connectivity index (χ1n) is 11.5. The number of hydrogen-bond donors (Lipinski definition) is 1. The SMILES string of the molecule is CCC1(CC)O[C@@H]2[C@@H](C)[C@H](C)[C@@H](CO[Si](C)(C)C(C)(C)C)OC(OC(=N)C(Cl)(Cl)Cl)[C@@H]2O1. The Morgan fingerprint density at radius 3 is 2.00 bits per heavy atom. The van der Waals surface area contributed by atoms with Gasteiger partial charge in [0.1, 0.15) is 6.10 Å². The van der Waals surface area contributed by atoms with Crippen molar-refractivity contribution in [2.24, 2.45) is 11.8 Å². The Labute approximate surface area is 209 Å². The summed E-state index contributed by atoms with van der Waals surface area (Å²) < 4.78 is 29.5. The first-order chi connectivity index (χ1) is 14.5. The lowest BCUT2D eigenvalue weighted by Gasteiger charge is -2.39. The van der Waals surface area contributed by atoms with Gasteiger partial charge in [-0.2, -0.15) is 0 Å². The van der Waals surface area contributed by atoms with Crippen molar-refractivity contribution >= 4 is 49.0 Å². The molecule has 0 radical (unpaired) electrons. The first kappa shape index (κ1) is 28.6. The van der Waals surface area contributed by atoms with E-state index < -0.39 is 36.2 Å². The number of nitrogens with one attached hydrogen (secondary N) is 1. The second-order valence-electron chi connectivity index (χ2n) is 10.6. The topological polar surface area (TPSA) is 70.0 Å². The summed E-state index contributed by atoms with van der Waals surface area (Å²) in [5, 5.41) is 8.19. The molecule has 0 amide bonds. The summed E-state index contributed by atoms with van der Waals surface area (Å²) in [6.07, 6.45) is -0.714. The lowest BCUT2D eigenvalue weighted by atomic mass is 9.85. The van der Waals surface area contributed by atoms with Crippen LogP contribution in [0.25, 0.3) is 0 Å². The molecule has 0 aliphatic carbocycles. The molecule has 2 heterocycles. The second kappa shape index (κ2) is 10.2. The lowest BCUT2D eigenvalue weighted by molar-refractivity contribution is -0.233. The molecule has 2 saturated heterocycles. The van der Waals surface area contributed by atoms with Crippen molar-refractivity contribution in [1.82, 2.24) is 0 Å². The summed E-state index contributed by atoms with van der Waals surface area (Å²) in [5.74, 6) is -1.04. The number of ether oxygens (including phenoxy) is 4. The summed E-state index contributed by atoms with van der Waals surface area (Å²) >= 11 is 17.7. The summed E-state index contributed by atoms with van der Waals surface area (Å²) in [7, 11) is -1.99. The van der Waals surface area contributed by atoms with E-state index in [0.29, 0.717) is 19.4 Å². The number of alkyl halides is 3. The number of hydrogen-bond acceptors (Lipinski definition) is 6. The van der Waals surface area contributed by atoms with Crippen LogP contribution in [0, 0.1) is 17.2 Å². The van der Waals surface area contributed by atoms with Gasteiger partial charge in [-0.15, -0.1) is 0 Å². The highest BCUT2D eigenvalue weighted by Gasteiger charge is 2.56. The van der Waals surface area contributed by atoms with Crippen LogP contribution < -0.4 is 0 Å². The molecule has 0 aromatic rings. The summed E-state index contributed by atoms with van der Waals surface area (Å²) in [4.78, 5) is 0. The molecule has 2 rings (SSSR count). The highest BCUT2D eigenvalue weighted by atomic mass is 35.6. The van der Waals surface area contributed by atoms with Crippen molar-refractivity contribution < 1.29 is 23.4 Å². The Bertz CT molecular complexity index is 663. The maximum absolute atomic E-state index is 8.12. The van der Waals surface area contributed by atoms with E-state index in [2.05, 4.69) is 47.7 Å². The molecule has 2 aliphatic rings. The van der Waals surface area contributed by atoms with Crippen molar-refractivity contribution in [3.8, 4) is 0 Å². The third kappa shape index (κ3) is 6.14. The molecule has 2 aliphatic heterocycles. The van der Waals surface area contributed by atoms with Gasteiger partial charge in [-0.3, -0.25) is 5.41 Å². The van der Waals surface area contributed by atoms with Gasteiger partial charge in [0.05, 0.1) is 18.8 Å². The minimum absolute atomic E-state index is 0.0741. The van der Waals surface area contributed by atoms with Crippen LogP contribution in [-0.4, -0.2) is 55.0 Å². The van der Waals surface area contributed by atoms with Gasteiger partial charge in [0, 0.05) is 0 Å². The van der Waals surface area contributed by atoms with Gasteiger partial charge in [-0.25, -0.2) is 0 Å². The Balaban J connectivity index is 2.33. The third-order valence-electron chi connectivity index (χ3n) is 7.52. The fourth-order valence-electron chi connectivity index (χ4n) is 3.85. The van der Waals surface area contributed by atoms with Crippen LogP contribution in [0.3, 0.4) is 0 Å². The summed E-state index contributed by atoms with van der Waals surface area (Å²) in [5.41, 5.74) is 0. The minimum Gasteiger partial charge on any atom is -0.445 e. The van der Waals surface area contributed by atoms with Gasteiger partial charge < -0.3 is 23.4 Å². The number of rotatable bonds is 6. The molecule has 1 unspecified atom stereocenters. The molecule has 0 aromatic heterocycles. The van der Waals surface area contributed by atoms with Crippen LogP contribution in [0.5, 0.6) is 0 Å². The van der Waals surface area contributed by atoms with E-state index in [1.54, 1.807) is 0 Å². The molecule has 188 valence electrons. The van der Waals surface area contributed by atoms with Crippen molar-refractivity contribution in [3.63, 3.8) is 0 Å². The largest absolute Gasteiger partial charge is 0.445 e. The first-order valence-corrected chi connectivity index (χ1v) is 15.5. The van der Waals surface area contributed by atoms with Gasteiger partial charge in [0.25, 0.3) is 3.79 Å². The highest BCUT2D eigenvalue weighted by molar-refractivity contribution is 6.76. The van der Waals surface area contributed by atoms with Crippen LogP contribution in [0.4, 0.5) is 0 Å². The van der Waals surface area contributed by atoms with Crippen molar-refractivity contribution in [2.75, 3.05) is 6.61 Å². The van der Waals surface area contributed by atoms with E-state index in [-0.39, 0.29) is 29.1 Å². The third-order valence-corrected chi connectivity index (χ3v) is 12.5. The van der Waals surface area contributed by atoms with Gasteiger partial charge in [0.15, 0.2) is 14.1 Å². The van der Waals surface area contributed by atoms with Gasteiger partial charge in [-0.1, -0.05) is 83.3 Å². The average molecular weight is 533 g/mol. The van der Waals surface area contributed by atoms with E-state index in [0.717, 1.165) is 0 Å². The number of fused-ring (bicyclic) bond motifs is 1. The minimum atomic E-state index is -2.00. The van der Waals surface area contributed by atoms with E-state index in [4.69, 9.17) is 63.6 Å². The van der Waals surface area contributed by atoms with Crippen LogP contribution in [0.15, 0.2) is 0 Å². The van der Waals surface area contributed by atoms with E-state index in [1.807, 2.05) is 13.8 Å². The molecule has 0 spiro atoms. The molecule has 6 nitrogen and oxygen atoms in total. The fraction of sp³-hybridized carbons (Fsp3) is 0.955. The second-order valence-corrected chi connectivity index (χ2v) is 17.7. The molecule has 0 saturated carbocycles. The molecule has 0 aromatic carbocycles.